The van der Waals surface area contributed by atoms with Gasteiger partial charge in [-0.15, -0.1) is 0 Å². The Bertz CT molecular complexity index is 438. The summed E-state index contributed by atoms with van der Waals surface area (Å²) in [4.78, 5) is 13.4. The van der Waals surface area contributed by atoms with Crippen LogP contribution >= 0.6 is 11.6 Å². The molecule has 2 fully saturated rings. The Morgan fingerprint density at radius 1 is 1.38 bits per heavy atom. The summed E-state index contributed by atoms with van der Waals surface area (Å²) in [7, 11) is 0. The van der Waals surface area contributed by atoms with E-state index in [1.54, 1.807) is 11.0 Å². The Kier molecular flexibility index (Phi) is 2.26. The van der Waals surface area contributed by atoms with Gasteiger partial charge in [-0.1, -0.05) is 23.7 Å². The molecule has 0 spiro atoms. The lowest BCUT2D eigenvalue weighted by molar-refractivity contribution is 0.143. The van der Waals surface area contributed by atoms with E-state index < -0.39 is 0 Å². The van der Waals surface area contributed by atoms with E-state index in [1.807, 2.05) is 18.2 Å². The quantitative estimate of drug-likeness (QED) is 0.809. The maximum Gasteiger partial charge on any atom is 0.415 e. The zero-order valence-electron chi connectivity index (χ0n) is 8.52. The van der Waals surface area contributed by atoms with Crippen molar-refractivity contribution in [3.8, 4) is 0 Å². The molecule has 0 bridgehead atoms. The summed E-state index contributed by atoms with van der Waals surface area (Å²) in [5, 5.41) is 3.78. The number of anilines is 1. The minimum absolute atomic E-state index is 0.0521. The molecule has 2 aliphatic rings. The van der Waals surface area contributed by atoms with Crippen molar-refractivity contribution < 1.29 is 9.53 Å². The number of benzene rings is 1. The first-order valence-electron chi connectivity index (χ1n) is 5.22. The van der Waals surface area contributed by atoms with E-state index in [-0.39, 0.29) is 18.2 Å². The molecular formula is C11H11ClN2O2. The van der Waals surface area contributed by atoms with E-state index in [0.717, 1.165) is 18.8 Å². The average molecular weight is 239 g/mol. The van der Waals surface area contributed by atoms with Gasteiger partial charge in [-0.3, -0.25) is 4.90 Å². The van der Waals surface area contributed by atoms with Crippen molar-refractivity contribution in [1.29, 1.82) is 0 Å². The number of rotatable bonds is 1. The third kappa shape index (κ3) is 1.37. The maximum atomic E-state index is 11.8. The van der Waals surface area contributed by atoms with E-state index in [9.17, 15) is 4.79 Å². The third-order valence-corrected chi connectivity index (χ3v) is 3.34. The Morgan fingerprint density at radius 3 is 3.00 bits per heavy atom. The van der Waals surface area contributed by atoms with Gasteiger partial charge >= 0.3 is 6.09 Å². The lowest BCUT2D eigenvalue weighted by Gasteiger charge is -2.20. The van der Waals surface area contributed by atoms with Gasteiger partial charge in [0, 0.05) is 13.1 Å². The Balaban J connectivity index is 2.00. The predicted molar refractivity (Wildman–Crippen MR) is 60.9 cm³/mol. The van der Waals surface area contributed by atoms with Crippen LogP contribution in [0.15, 0.2) is 24.3 Å². The number of amides is 1. The summed E-state index contributed by atoms with van der Waals surface area (Å²) in [5.41, 5.74) is 0.727. The molecule has 2 unspecified atom stereocenters. The van der Waals surface area contributed by atoms with Crippen molar-refractivity contribution >= 4 is 23.4 Å². The fourth-order valence-electron chi connectivity index (χ4n) is 2.26. The maximum absolute atomic E-state index is 11.8. The van der Waals surface area contributed by atoms with Gasteiger partial charge in [0.2, 0.25) is 0 Å². The van der Waals surface area contributed by atoms with Crippen LogP contribution in [0.25, 0.3) is 0 Å². The van der Waals surface area contributed by atoms with Crippen LogP contribution in [0.4, 0.5) is 10.5 Å². The molecule has 84 valence electrons. The van der Waals surface area contributed by atoms with Crippen LogP contribution in [0.5, 0.6) is 0 Å². The highest BCUT2D eigenvalue weighted by atomic mass is 35.5. The van der Waals surface area contributed by atoms with Crippen LogP contribution in [-0.4, -0.2) is 31.3 Å². The zero-order valence-corrected chi connectivity index (χ0v) is 9.28. The van der Waals surface area contributed by atoms with Crippen molar-refractivity contribution in [2.24, 2.45) is 0 Å². The topological polar surface area (TPSA) is 41.6 Å². The molecule has 2 saturated heterocycles. The number of fused-ring (bicyclic) bond motifs is 1. The molecule has 0 aliphatic carbocycles. The highest BCUT2D eigenvalue weighted by molar-refractivity contribution is 6.33. The minimum atomic E-state index is -0.301. The molecular weight excluding hydrogens is 228 g/mol. The molecule has 0 saturated carbocycles. The number of halogens is 1. The first kappa shape index (κ1) is 9.93. The fraction of sp³-hybridized carbons (Fsp3) is 0.364. The molecule has 2 heterocycles. The van der Waals surface area contributed by atoms with Crippen LogP contribution < -0.4 is 10.2 Å². The number of ether oxygens (including phenoxy) is 1. The summed E-state index contributed by atoms with van der Waals surface area (Å²) in [6, 6.07) is 7.39. The summed E-state index contributed by atoms with van der Waals surface area (Å²) in [6.45, 7) is 1.47. The second-order valence-corrected chi connectivity index (χ2v) is 4.38. The van der Waals surface area contributed by atoms with Crippen LogP contribution in [0, 0.1) is 0 Å². The molecule has 3 rings (SSSR count). The molecule has 0 radical (unpaired) electrons. The van der Waals surface area contributed by atoms with Crippen LogP contribution in [0.1, 0.15) is 0 Å². The molecule has 1 amide bonds. The van der Waals surface area contributed by atoms with Gasteiger partial charge in [-0.05, 0) is 12.1 Å². The lowest BCUT2D eigenvalue weighted by Crippen LogP contribution is -2.37. The molecule has 16 heavy (non-hydrogen) atoms. The second kappa shape index (κ2) is 3.64. The van der Waals surface area contributed by atoms with Crippen LogP contribution in [0.2, 0.25) is 5.02 Å². The summed E-state index contributed by atoms with van der Waals surface area (Å²) in [5.74, 6) is 0. The Hall–Kier alpha value is -1.26. The molecule has 0 aromatic heterocycles. The number of para-hydroxylation sites is 1. The lowest BCUT2D eigenvalue weighted by atomic mass is 10.2. The van der Waals surface area contributed by atoms with Gasteiger partial charge in [0.25, 0.3) is 0 Å². The van der Waals surface area contributed by atoms with E-state index >= 15 is 0 Å². The average Bonchev–Trinajstić information content (AvgIpc) is 2.79. The predicted octanol–water partition coefficient (Wildman–Crippen LogP) is 1.64. The Morgan fingerprint density at radius 2 is 2.19 bits per heavy atom. The highest BCUT2D eigenvalue weighted by Gasteiger charge is 2.45. The normalized spacial score (nSPS) is 28.1. The first-order valence-corrected chi connectivity index (χ1v) is 5.60. The minimum Gasteiger partial charge on any atom is -0.442 e. The highest BCUT2D eigenvalue weighted by Crippen LogP contribution is 2.33. The molecule has 5 heteroatoms. The summed E-state index contributed by atoms with van der Waals surface area (Å²) in [6.07, 6.45) is -0.353. The van der Waals surface area contributed by atoms with Crippen molar-refractivity contribution in [2.45, 2.75) is 12.1 Å². The van der Waals surface area contributed by atoms with Crippen molar-refractivity contribution in [3.63, 3.8) is 0 Å². The fourth-order valence-corrected chi connectivity index (χ4v) is 2.49. The number of carbonyl (C=O) groups excluding carboxylic acids is 1. The molecule has 2 aliphatic heterocycles. The van der Waals surface area contributed by atoms with Crippen LogP contribution in [-0.2, 0) is 4.74 Å². The van der Waals surface area contributed by atoms with Crippen LogP contribution in [0.3, 0.4) is 0 Å². The van der Waals surface area contributed by atoms with Gasteiger partial charge in [-0.25, -0.2) is 4.79 Å². The van der Waals surface area contributed by atoms with Gasteiger partial charge < -0.3 is 10.1 Å². The molecule has 1 aromatic carbocycles. The molecule has 2 atom stereocenters. The van der Waals surface area contributed by atoms with Gasteiger partial charge in [-0.2, -0.15) is 0 Å². The zero-order chi connectivity index (χ0) is 11.1. The first-order chi connectivity index (χ1) is 7.77. The number of nitrogens with one attached hydrogen (secondary N) is 1. The smallest absolute Gasteiger partial charge is 0.415 e. The SMILES string of the molecule is O=C1OC2CNCC2N1c1ccccc1Cl. The number of hydrogen-bond donors (Lipinski definition) is 1. The standard InChI is InChI=1S/C11H11ClN2O2/c12-7-3-1-2-4-8(7)14-9-5-13-6-10(9)16-11(14)15/h1-4,9-10,13H,5-6H2. The van der Waals surface area contributed by atoms with E-state index in [4.69, 9.17) is 16.3 Å². The Labute approximate surface area is 98.1 Å². The van der Waals surface area contributed by atoms with E-state index in [0.29, 0.717) is 5.02 Å². The van der Waals surface area contributed by atoms with E-state index in [2.05, 4.69) is 5.32 Å². The second-order valence-electron chi connectivity index (χ2n) is 3.97. The molecule has 1 N–H and O–H groups in total. The monoisotopic (exact) mass is 238 g/mol. The number of carbonyl (C=O) groups is 1. The van der Waals surface area contributed by atoms with E-state index in [1.165, 1.54) is 0 Å². The molecule has 1 aromatic rings. The summed E-state index contributed by atoms with van der Waals surface area (Å²) >= 11 is 6.09. The third-order valence-electron chi connectivity index (χ3n) is 3.02. The van der Waals surface area contributed by atoms with Crippen molar-refractivity contribution in [2.75, 3.05) is 18.0 Å². The van der Waals surface area contributed by atoms with Crippen molar-refractivity contribution in [1.82, 2.24) is 5.32 Å². The number of nitrogens with zero attached hydrogens (tertiary/aromatic N) is 1. The van der Waals surface area contributed by atoms with Gasteiger partial charge in [0.1, 0.15) is 6.10 Å². The largest absolute Gasteiger partial charge is 0.442 e. The molecule has 4 nitrogen and oxygen atoms in total. The van der Waals surface area contributed by atoms with Gasteiger partial charge in [0.15, 0.2) is 0 Å². The van der Waals surface area contributed by atoms with Crippen molar-refractivity contribution in [3.05, 3.63) is 29.3 Å². The summed E-state index contributed by atoms with van der Waals surface area (Å²) < 4.78 is 5.27. The number of hydrogen-bond acceptors (Lipinski definition) is 3. The van der Waals surface area contributed by atoms with Gasteiger partial charge in [0.05, 0.1) is 16.8 Å².